The summed E-state index contributed by atoms with van der Waals surface area (Å²) in [5, 5.41) is 11.3. The number of carbonyl (C=O) groups excluding carboxylic acids is 3. The number of aliphatic hydroxyl groups is 1. The summed E-state index contributed by atoms with van der Waals surface area (Å²) >= 11 is 0. The maximum Gasteiger partial charge on any atom is 0.308 e. The van der Waals surface area contributed by atoms with E-state index in [4.69, 9.17) is 14.2 Å². The second-order valence-corrected chi connectivity index (χ2v) is 7.73. The van der Waals surface area contributed by atoms with Crippen molar-refractivity contribution in [2.75, 3.05) is 19.1 Å². The number of hydrogen-bond donors (Lipinski definition) is 1. The van der Waals surface area contributed by atoms with E-state index < -0.39 is 23.7 Å². The minimum absolute atomic E-state index is 0.0874. The van der Waals surface area contributed by atoms with Gasteiger partial charge < -0.3 is 19.3 Å². The molecule has 1 saturated heterocycles. The molecular formula is C27H23NO7. The van der Waals surface area contributed by atoms with E-state index in [9.17, 15) is 19.5 Å². The van der Waals surface area contributed by atoms with Crippen LogP contribution in [-0.4, -0.2) is 37.0 Å². The second kappa shape index (κ2) is 9.72. The number of aliphatic hydroxyl groups excluding tert-OH is 1. The van der Waals surface area contributed by atoms with Gasteiger partial charge in [0.1, 0.15) is 23.0 Å². The number of esters is 1. The lowest BCUT2D eigenvalue weighted by atomic mass is 9.94. The standard InChI is InChI=1S/C27H23NO7/c1-16(29)35-20-12-8-17(9-13-20)24-23(25(30)21-6-4-5-7-22(21)34-3)26(31)27(32)28(24)18-10-14-19(33-2)15-11-18/h4-15,24,30H,1-3H3/b25-23-. The van der Waals surface area contributed by atoms with Gasteiger partial charge >= 0.3 is 5.97 Å². The molecule has 1 aliphatic heterocycles. The molecule has 0 aromatic heterocycles. The molecule has 8 nitrogen and oxygen atoms in total. The lowest BCUT2D eigenvalue weighted by molar-refractivity contribution is -0.132. The van der Waals surface area contributed by atoms with Crippen molar-refractivity contribution < 1.29 is 33.7 Å². The molecule has 1 aliphatic rings. The topological polar surface area (TPSA) is 102 Å². The Morgan fingerprint density at radius 2 is 1.49 bits per heavy atom. The van der Waals surface area contributed by atoms with Crippen LogP contribution in [-0.2, 0) is 14.4 Å². The average Bonchev–Trinajstić information content (AvgIpc) is 3.14. The number of anilines is 1. The number of ketones is 1. The number of hydrogen-bond acceptors (Lipinski definition) is 7. The van der Waals surface area contributed by atoms with E-state index in [1.165, 1.54) is 26.0 Å². The lowest BCUT2D eigenvalue weighted by Gasteiger charge is -2.26. The largest absolute Gasteiger partial charge is 0.507 e. The van der Waals surface area contributed by atoms with Crippen molar-refractivity contribution in [1.29, 1.82) is 0 Å². The summed E-state index contributed by atoms with van der Waals surface area (Å²) in [5.74, 6) is -1.21. The Morgan fingerprint density at radius 3 is 2.09 bits per heavy atom. The van der Waals surface area contributed by atoms with Crippen molar-refractivity contribution in [2.24, 2.45) is 0 Å². The number of rotatable bonds is 6. The van der Waals surface area contributed by atoms with E-state index >= 15 is 0 Å². The van der Waals surface area contributed by atoms with E-state index in [1.807, 2.05) is 0 Å². The summed E-state index contributed by atoms with van der Waals surface area (Å²) in [7, 11) is 2.98. The van der Waals surface area contributed by atoms with Gasteiger partial charge in [-0.1, -0.05) is 24.3 Å². The van der Waals surface area contributed by atoms with Gasteiger partial charge in [-0.2, -0.15) is 0 Å². The monoisotopic (exact) mass is 473 g/mol. The molecule has 1 heterocycles. The van der Waals surface area contributed by atoms with Gasteiger partial charge in [0.05, 0.1) is 31.4 Å². The number of nitrogens with zero attached hydrogens (tertiary/aromatic N) is 1. The maximum absolute atomic E-state index is 13.3. The molecule has 8 heteroatoms. The highest BCUT2D eigenvalue weighted by Crippen LogP contribution is 2.43. The Labute approximate surface area is 202 Å². The molecule has 1 unspecified atom stereocenters. The van der Waals surface area contributed by atoms with Crippen LogP contribution in [0.5, 0.6) is 17.2 Å². The van der Waals surface area contributed by atoms with Crippen molar-refractivity contribution >= 4 is 29.1 Å². The molecule has 178 valence electrons. The summed E-state index contributed by atoms with van der Waals surface area (Å²) in [6, 6.07) is 18.8. The van der Waals surface area contributed by atoms with Crippen LogP contribution in [0.1, 0.15) is 24.1 Å². The van der Waals surface area contributed by atoms with Crippen LogP contribution < -0.4 is 19.1 Å². The molecular weight excluding hydrogens is 450 g/mol. The number of carbonyl (C=O) groups is 3. The molecule has 3 aromatic rings. The Kier molecular flexibility index (Phi) is 6.55. The van der Waals surface area contributed by atoms with Crippen LogP contribution in [0, 0.1) is 0 Å². The predicted octanol–water partition coefficient (Wildman–Crippen LogP) is 4.26. The van der Waals surface area contributed by atoms with Crippen LogP contribution in [0.4, 0.5) is 5.69 Å². The number of ether oxygens (including phenoxy) is 3. The lowest BCUT2D eigenvalue weighted by Crippen LogP contribution is -2.29. The van der Waals surface area contributed by atoms with Gasteiger partial charge in [0.2, 0.25) is 0 Å². The molecule has 1 amide bonds. The first-order chi connectivity index (χ1) is 16.8. The molecule has 4 rings (SSSR count). The van der Waals surface area contributed by atoms with Crippen LogP contribution >= 0.6 is 0 Å². The third-order valence-electron chi connectivity index (χ3n) is 5.61. The van der Waals surface area contributed by atoms with Crippen molar-refractivity contribution in [3.8, 4) is 17.2 Å². The Hall–Kier alpha value is -4.59. The molecule has 0 aliphatic carbocycles. The van der Waals surface area contributed by atoms with Gasteiger partial charge in [-0.25, -0.2) is 0 Å². The molecule has 3 aromatic carbocycles. The van der Waals surface area contributed by atoms with E-state index in [2.05, 4.69) is 0 Å². The Bertz CT molecular complexity index is 1310. The van der Waals surface area contributed by atoms with Gasteiger partial charge in [0.25, 0.3) is 11.7 Å². The SMILES string of the molecule is COc1ccc(N2C(=O)C(=O)/C(=C(\O)c3ccccc3OC)C2c2ccc(OC(C)=O)cc2)cc1. The molecule has 0 radical (unpaired) electrons. The number of para-hydroxylation sites is 1. The maximum atomic E-state index is 13.3. The Morgan fingerprint density at radius 1 is 0.857 bits per heavy atom. The van der Waals surface area contributed by atoms with E-state index in [1.54, 1.807) is 72.8 Å². The summed E-state index contributed by atoms with van der Waals surface area (Å²) in [4.78, 5) is 39.2. The summed E-state index contributed by atoms with van der Waals surface area (Å²) in [6.07, 6.45) is 0. The third kappa shape index (κ3) is 4.46. The van der Waals surface area contributed by atoms with Crippen molar-refractivity contribution in [3.05, 3.63) is 89.5 Å². The zero-order valence-corrected chi connectivity index (χ0v) is 19.3. The minimum atomic E-state index is -0.945. The van der Waals surface area contributed by atoms with Crippen LogP contribution in [0.15, 0.2) is 78.4 Å². The van der Waals surface area contributed by atoms with Crippen LogP contribution in [0.25, 0.3) is 5.76 Å². The highest BCUT2D eigenvalue weighted by molar-refractivity contribution is 6.51. The predicted molar refractivity (Wildman–Crippen MR) is 129 cm³/mol. The number of benzene rings is 3. The highest BCUT2D eigenvalue weighted by atomic mass is 16.5. The third-order valence-corrected chi connectivity index (χ3v) is 5.61. The number of amides is 1. The van der Waals surface area contributed by atoms with E-state index in [-0.39, 0.29) is 16.9 Å². The van der Waals surface area contributed by atoms with Crippen molar-refractivity contribution in [1.82, 2.24) is 0 Å². The van der Waals surface area contributed by atoms with Gasteiger partial charge in [-0.05, 0) is 54.1 Å². The van der Waals surface area contributed by atoms with Crippen molar-refractivity contribution in [2.45, 2.75) is 13.0 Å². The normalized spacial score (nSPS) is 16.8. The zero-order chi connectivity index (χ0) is 25.1. The summed E-state index contributed by atoms with van der Waals surface area (Å²) in [6.45, 7) is 1.29. The molecule has 0 bridgehead atoms. The van der Waals surface area contributed by atoms with Gasteiger partial charge in [0, 0.05) is 12.6 Å². The zero-order valence-electron chi connectivity index (χ0n) is 19.3. The van der Waals surface area contributed by atoms with Gasteiger partial charge in [-0.3, -0.25) is 19.3 Å². The molecule has 35 heavy (non-hydrogen) atoms. The first-order valence-corrected chi connectivity index (χ1v) is 10.7. The molecule has 0 spiro atoms. The second-order valence-electron chi connectivity index (χ2n) is 7.73. The smallest absolute Gasteiger partial charge is 0.308 e. The fraction of sp³-hybridized carbons (Fsp3) is 0.148. The summed E-state index contributed by atoms with van der Waals surface area (Å²) in [5.41, 5.74) is 1.17. The first kappa shape index (κ1) is 23.6. The van der Waals surface area contributed by atoms with Crippen LogP contribution in [0.3, 0.4) is 0 Å². The fourth-order valence-electron chi connectivity index (χ4n) is 4.03. The Balaban J connectivity index is 1.91. The number of Topliss-reactive ketones (excluding diaryl/α,β-unsaturated/α-hetero) is 1. The molecule has 1 N–H and O–H groups in total. The van der Waals surface area contributed by atoms with Gasteiger partial charge in [0.15, 0.2) is 0 Å². The highest BCUT2D eigenvalue weighted by Gasteiger charge is 2.47. The van der Waals surface area contributed by atoms with Gasteiger partial charge in [-0.15, -0.1) is 0 Å². The minimum Gasteiger partial charge on any atom is -0.507 e. The van der Waals surface area contributed by atoms with E-state index in [0.29, 0.717) is 28.5 Å². The number of methoxy groups -OCH3 is 2. The first-order valence-electron chi connectivity index (χ1n) is 10.7. The molecule has 1 atom stereocenters. The summed E-state index contributed by atoms with van der Waals surface area (Å²) < 4.78 is 15.7. The average molecular weight is 473 g/mol. The fourth-order valence-corrected chi connectivity index (χ4v) is 4.03. The van der Waals surface area contributed by atoms with Crippen molar-refractivity contribution in [3.63, 3.8) is 0 Å². The molecule has 1 fully saturated rings. The van der Waals surface area contributed by atoms with Crippen LogP contribution in [0.2, 0.25) is 0 Å². The van der Waals surface area contributed by atoms with E-state index in [0.717, 1.165) is 0 Å². The quantitative estimate of drug-likeness (QED) is 0.188. The molecule has 0 saturated carbocycles.